The normalized spacial score (nSPS) is 39.8. The first-order valence-corrected chi connectivity index (χ1v) is 7.63. The highest BCUT2D eigenvalue weighted by Crippen LogP contribution is 2.51. The predicted octanol–water partition coefficient (Wildman–Crippen LogP) is 1.83. The summed E-state index contributed by atoms with van der Waals surface area (Å²) in [5.41, 5.74) is 0. The van der Waals surface area contributed by atoms with Crippen molar-refractivity contribution in [2.75, 3.05) is 0 Å². The molecule has 0 bridgehead atoms. The van der Waals surface area contributed by atoms with Crippen LogP contribution in [0.15, 0.2) is 12.2 Å². The van der Waals surface area contributed by atoms with Gasteiger partial charge in [0, 0.05) is 18.3 Å². The Balaban J connectivity index is 1.98. The quantitative estimate of drug-likeness (QED) is 0.517. The highest BCUT2D eigenvalue weighted by Gasteiger charge is 2.65. The van der Waals surface area contributed by atoms with Gasteiger partial charge in [0.15, 0.2) is 6.29 Å². The molecule has 6 atom stereocenters. The molecule has 3 N–H and O–H groups in total. The molecule has 0 aromatic rings. The highest BCUT2D eigenvalue weighted by molar-refractivity contribution is 5.13. The van der Waals surface area contributed by atoms with E-state index in [4.69, 9.17) is 4.74 Å². The van der Waals surface area contributed by atoms with E-state index >= 15 is 0 Å². The predicted molar refractivity (Wildman–Crippen MR) is 72.7 cm³/mol. The molecule has 4 nitrogen and oxygen atoms in total. The van der Waals surface area contributed by atoms with Gasteiger partial charge in [-0.05, 0) is 6.42 Å². The summed E-state index contributed by atoms with van der Waals surface area (Å²) >= 11 is 0. The van der Waals surface area contributed by atoms with Crippen LogP contribution < -0.4 is 0 Å². The minimum absolute atomic E-state index is 0.0816. The number of ether oxygens (including phenoxy) is 1. The summed E-state index contributed by atoms with van der Waals surface area (Å²) in [5.74, 6) is -4.79. The van der Waals surface area contributed by atoms with Crippen LogP contribution in [0, 0.1) is 11.8 Å². The van der Waals surface area contributed by atoms with E-state index in [0.29, 0.717) is 6.42 Å². The lowest BCUT2D eigenvalue weighted by atomic mass is 9.91. The molecule has 122 valence electrons. The van der Waals surface area contributed by atoms with Crippen LogP contribution in [0.1, 0.15) is 39.0 Å². The minimum atomic E-state index is -3.37. The van der Waals surface area contributed by atoms with Crippen LogP contribution >= 0.6 is 0 Å². The van der Waals surface area contributed by atoms with E-state index in [0.717, 1.165) is 19.3 Å². The molecule has 2 rings (SSSR count). The number of hydrogen-bond donors (Lipinski definition) is 3. The van der Waals surface area contributed by atoms with Crippen molar-refractivity contribution >= 4 is 0 Å². The maximum atomic E-state index is 13.9. The number of halogens is 2. The first kappa shape index (κ1) is 16.8. The molecule has 1 heterocycles. The average molecular weight is 306 g/mol. The third-order valence-corrected chi connectivity index (χ3v) is 4.46. The molecule has 21 heavy (non-hydrogen) atoms. The number of hydrogen-bond acceptors (Lipinski definition) is 4. The van der Waals surface area contributed by atoms with E-state index in [1.807, 2.05) is 0 Å². The fourth-order valence-corrected chi connectivity index (χ4v) is 3.28. The molecule has 2 fully saturated rings. The first-order chi connectivity index (χ1) is 9.87. The van der Waals surface area contributed by atoms with Crippen molar-refractivity contribution in [1.82, 2.24) is 0 Å². The molecule has 2 unspecified atom stereocenters. The molecule has 1 saturated heterocycles. The molecule has 1 aliphatic carbocycles. The molecule has 2 aliphatic rings. The fraction of sp³-hybridized carbons (Fsp3) is 0.867. The van der Waals surface area contributed by atoms with E-state index in [2.05, 4.69) is 6.92 Å². The molecular formula is C15H24F2O4. The van der Waals surface area contributed by atoms with Crippen molar-refractivity contribution < 1.29 is 28.8 Å². The van der Waals surface area contributed by atoms with Crippen LogP contribution in [-0.2, 0) is 4.74 Å². The zero-order valence-corrected chi connectivity index (χ0v) is 12.2. The maximum Gasteiger partial charge on any atom is 0.299 e. The SMILES string of the molecule is CCCCCC(O)C=C[C@@H]1[C@H]2CC(O)O[C@H]2C(F)(F)[C@H]1O. The van der Waals surface area contributed by atoms with E-state index in [9.17, 15) is 24.1 Å². The van der Waals surface area contributed by atoms with Gasteiger partial charge in [-0.25, -0.2) is 8.78 Å². The lowest BCUT2D eigenvalue weighted by molar-refractivity contribution is -0.198. The summed E-state index contributed by atoms with van der Waals surface area (Å²) in [4.78, 5) is 0. The Hall–Kier alpha value is -0.560. The van der Waals surface area contributed by atoms with Crippen LogP contribution in [0.5, 0.6) is 0 Å². The van der Waals surface area contributed by atoms with Crippen molar-refractivity contribution in [2.24, 2.45) is 11.8 Å². The Bertz CT molecular complexity index is 375. The third kappa shape index (κ3) is 3.44. The van der Waals surface area contributed by atoms with Gasteiger partial charge in [-0.3, -0.25) is 0 Å². The van der Waals surface area contributed by atoms with E-state index in [1.54, 1.807) is 0 Å². The van der Waals surface area contributed by atoms with Gasteiger partial charge in [0.25, 0.3) is 5.92 Å². The van der Waals surface area contributed by atoms with E-state index in [1.165, 1.54) is 12.2 Å². The van der Waals surface area contributed by atoms with Crippen LogP contribution in [0.4, 0.5) is 8.78 Å². The summed E-state index contributed by atoms with van der Waals surface area (Å²) in [5, 5.41) is 29.0. The van der Waals surface area contributed by atoms with Crippen molar-refractivity contribution in [3.05, 3.63) is 12.2 Å². The lowest BCUT2D eigenvalue weighted by Gasteiger charge is -2.21. The van der Waals surface area contributed by atoms with E-state index in [-0.39, 0.29) is 6.42 Å². The topological polar surface area (TPSA) is 69.9 Å². The van der Waals surface area contributed by atoms with Gasteiger partial charge in [0.1, 0.15) is 12.2 Å². The number of rotatable bonds is 6. The van der Waals surface area contributed by atoms with Gasteiger partial charge in [-0.15, -0.1) is 0 Å². The smallest absolute Gasteiger partial charge is 0.299 e. The first-order valence-electron chi connectivity index (χ1n) is 7.63. The standard InChI is InChI=1S/C15H24F2O4/c1-2-3-4-5-9(18)6-7-10-11-8-12(19)21-14(11)15(16,17)13(10)20/h6-7,9-14,18-20H,2-5,8H2,1H3/t9?,10-,11-,12?,13+,14-/m1/s1. The van der Waals surface area contributed by atoms with Crippen molar-refractivity contribution in [3.8, 4) is 0 Å². The number of unbranched alkanes of at least 4 members (excludes halogenated alkanes) is 2. The van der Waals surface area contributed by atoms with Gasteiger partial charge in [0.05, 0.1) is 6.10 Å². The Kier molecular flexibility index (Phi) is 5.35. The largest absolute Gasteiger partial charge is 0.389 e. The summed E-state index contributed by atoms with van der Waals surface area (Å²) in [6.07, 6.45) is 1.35. The summed E-state index contributed by atoms with van der Waals surface area (Å²) in [7, 11) is 0. The highest BCUT2D eigenvalue weighted by atomic mass is 19.3. The molecule has 0 aromatic carbocycles. The van der Waals surface area contributed by atoms with Gasteiger partial charge >= 0.3 is 0 Å². The number of aliphatic hydroxyl groups is 3. The second-order valence-electron chi connectivity index (χ2n) is 6.06. The summed E-state index contributed by atoms with van der Waals surface area (Å²) in [6.45, 7) is 2.06. The Labute approximate surface area is 123 Å². The van der Waals surface area contributed by atoms with Gasteiger partial charge in [-0.1, -0.05) is 38.3 Å². The zero-order chi connectivity index (χ0) is 15.6. The Morgan fingerprint density at radius 1 is 1.33 bits per heavy atom. The lowest BCUT2D eigenvalue weighted by Crippen LogP contribution is -2.40. The van der Waals surface area contributed by atoms with Crippen molar-refractivity contribution in [3.63, 3.8) is 0 Å². The van der Waals surface area contributed by atoms with Crippen LogP contribution in [0.25, 0.3) is 0 Å². The molecule has 1 aliphatic heterocycles. The van der Waals surface area contributed by atoms with Gasteiger partial charge in [-0.2, -0.15) is 0 Å². The molecule has 0 spiro atoms. The van der Waals surface area contributed by atoms with Gasteiger partial charge < -0.3 is 20.1 Å². The van der Waals surface area contributed by atoms with E-state index < -0.39 is 42.4 Å². The Morgan fingerprint density at radius 3 is 2.71 bits per heavy atom. The third-order valence-electron chi connectivity index (χ3n) is 4.46. The Morgan fingerprint density at radius 2 is 2.05 bits per heavy atom. The molecule has 0 amide bonds. The minimum Gasteiger partial charge on any atom is -0.389 e. The van der Waals surface area contributed by atoms with Crippen molar-refractivity contribution in [1.29, 1.82) is 0 Å². The second-order valence-corrected chi connectivity index (χ2v) is 6.06. The number of alkyl halides is 2. The number of fused-ring (bicyclic) bond motifs is 1. The van der Waals surface area contributed by atoms with Gasteiger partial charge in [0.2, 0.25) is 0 Å². The summed E-state index contributed by atoms with van der Waals surface area (Å²) in [6, 6.07) is 0. The fourth-order valence-electron chi connectivity index (χ4n) is 3.28. The monoisotopic (exact) mass is 306 g/mol. The zero-order valence-electron chi connectivity index (χ0n) is 12.2. The molecule has 0 radical (unpaired) electrons. The molecule has 0 aromatic heterocycles. The van der Waals surface area contributed by atoms with Crippen LogP contribution in [-0.4, -0.2) is 45.8 Å². The van der Waals surface area contributed by atoms with Crippen LogP contribution in [0.2, 0.25) is 0 Å². The average Bonchev–Trinajstić information content (AvgIpc) is 2.87. The molecule has 1 saturated carbocycles. The molecular weight excluding hydrogens is 282 g/mol. The van der Waals surface area contributed by atoms with Crippen LogP contribution in [0.3, 0.4) is 0 Å². The van der Waals surface area contributed by atoms with Crippen molar-refractivity contribution in [2.45, 2.75) is 69.6 Å². The molecule has 6 heteroatoms. The number of aliphatic hydroxyl groups excluding tert-OH is 3. The summed E-state index contributed by atoms with van der Waals surface area (Å²) < 4.78 is 32.7. The second kappa shape index (κ2) is 6.69. The maximum absolute atomic E-state index is 13.9.